The molecule has 1 aliphatic carbocycles. The van der Waals surface area contributed by atoms with Crippen molar-refractivity contribution in [3.8, 4) is 0 Å². The van der Waals surface area contributed by atoms with E-state index in [1.54, 1.807) is 0 Å². The van der Waals surface area contributed by atoms with Crippen molar-refractivity contribution in [1.29, 1.82) is 0 Å². The Morgan fingerprint density at radius 3 is 2.04 bits per heavy atom. The second-order valence-electron chi connectivity index (χ2n) is 7.82. The first kappa shape index (κ1) is 20.6. The predicted molar refractivity (Wildman–Crippen MR) is 112 cm³/mol. The summed E-state index contributed by atoms with van der Waals surface area (Å²) in [6.45, 7) is 9.37. The summed E-state index contributed by atoms with van der Waals surface area (Å²) in [6.07, 6.45) is 1.92. The fourth-order valence-corrected chi connectivity index (χ4v) is 5.24. The second kappa shape index (κ2) is 7.68. The molecule has 0 aromatic heterocycles. The largest absolute Gasteiger partial charge is 0.326 e. The van der Waals surface area contributed by atoms with E-state index < -0.39 is 16.1 Å². The molecule has 0 radical (unpaired) electrons. The minimum absolute atomic E-state index is 0.0577. The number of carbonyl (C=O) groups is 1. The van der Waals surface area contributed by atoms with Crippen LogP contribution in [-0.4, -0.2) is 14.3 Å². The molecular formula is C22H28N2O3S. The van der Waals surface area contributed by atoms with Crippen LogP contribution in [0.15, 0.2) is 35.2 Å². The predicted octanol–water partition coefficient (Wildman–Crippen LogP) is 4.31. The SMILES string of the molecule is Cc1cc(C)c(C)c(S(=O)(=O)NC(C)c2ccc(NC(=O)C3CC3)cc2)c1C. The number of carbonyl (C=O) groups excluding carboxylic acids is 1. The Bertz CT molecular complexity index is 981. The summed E-state index contributed by atoms with van der Waals surface area (Å²) in [5.41, 5.74) is 5.06. The highest BCUT2D eigenvalue weighted by molar-refractivity contribution is 7.89. The molecule has 0 saturated heterocycles. The van der Waals surface area contributed by atoms with Crippen molar-refractivity contribution in [3.63, 3.8) is 0 Å². The fraction of sp³-hybridized carbons (Fsp3) is 0.409. The lowest BCUT2D eigenvalue weighted by molar-refractivity contribution is -0.117. The van der Waals surface area contributed by atoms with Gasteiger partial charge in [0.25, 0.3) is 0 Å². The third-order valence-corrected chi connectivity index (χ3v) is 7.34. The Labute approximate surface area is 167 Å². The maximum Gasteiger partial charge on any atom is 0.241 e. The first-order valence-electron chi connectivity index (χ1n) is 9.60. The third-order valence-electron chi connectivity index (χ3n) is 5.52. The zero-order valence-electron chi connectivity index (χ0n) is 17.1. The van der Waals surface area contributed by atoms with E-state index in [0.717, 1.165) is 46.3 Å². The van der Waals surface area contributed by atoms with Gasteiger partial charge in [0.2, 0.25) is 15.9 Å². The smallest absolute Gasteiger partial charge is 0.241 e. The molecule has 2 N–H and O–H groups in total. The standard InChI is InChI=1S/C22H28N2O3S/c1-13-12-14(2)16(4)21(15(13)3)28(26,27)24-17(5)18-8-10-20(11-9-18)23-22(25)19-6-7-19/h8-12,17,19,24H,6-7H2,1-5H3,(H,23,25). The van der Waals surface area contributed by atoms with E-state index in [-0.39, 0.29) is 11.8 Å². The number of aryl methyl sites for hydroxylation is 2. The lowest BCUT2D eigenvalue weighted by Crippen LogP contribution is -2.28. The molecular weight excluding hydrogens is 372 g/mol. The molecule has 0 spiro atoms. The van der Waals surface area contributed by atoms with Crippen molar-refractivity contribution < 1.29 is 13.2 Å². The van der Waals surface area contributed by atoms with Gasteiger partial charge in [-0.15, -0.1) is 0 Å². The quantitative estimate of drug-likeness (QED) is 0.759. The van der Waals surface area contributed by atoms with E-state index in [2.05, 4.69) is 10.0 Å². The molecule has 2 aromatic rings. The number of sulfonamides is 1. The van der Waals surface area contributed by atoms with Crippen LogP contribution in [-0.2, 0) is 14.8 Å². The molecule has 0 heterocycles. The van der Waals surface area contributed by atoms with Gasteiger partial charge in [0.05, 0.1) is 4.90 Å². The topological polar surface area (TPSA) is 75.3 Å². The molecule has 3 rings (SSSR count). The second-order valence-corrected chi connectivity index (χ2v) is 9.47. The van der Waals surface area contributed by atoms with Gasteiger partial charge in [-0.2, -0.15) is 0 Å². The first-order valence-corrected chi connectivity index (χ1v) is 11.1. The summed E-state index contributed by atoms with van der Waals surface area (Å²) in [4.78, 5) is 12.2. The monoisotopic (exact) mass is 400 g/mol. The number of hydrogen-bond donors (Lipinski definition) is 2. The average Bonchev–Trinajstić information content (AvgIpc) is 3.45. The Morgan fingerprint density at radius 2 is 1.54 bits per heavy atom. The van der Waals surface area contributed by atoms with Crippen molar-refractivity contribution in [2.45, 2.75) is 58.4 Å². The van der Waals surface area contributed by atoms with Gasteiger partial charge < -0.3 is 5.32 Å². The van der Waals surface area contributed by atoms with E-state index in [0.29, 0.717) is 4.90 Å². The van der Waals surface area contributed by atoms with Gasteiger partial charge in [-0.3, -0.25) is 4.79 Å². The van der Waals surface area contributed by atoms with Gasteiger partial charge in [-0.05, 0) is 87.4 Å². The molecule has 5 nitrogen and oxygen atoms in total. The van der Waals surface area contributed by atoms with Crippen molar-refractivity contribution >= 4 is 21.6 Å². The van der Waals surface area contributed by atoms with Crippen LogP contribution < -0.4 is 10.0 Å². The molecule has 1 fully saturated rings. The third kappa shape index (κ3) is 4.28. The zero-order valence-corrected chi connectivity index (χ0v) is 17.9. The van der Waals surface area contributed by atoms with Crippen molar-refractivity contribution in [2.75, 3.05) is 5.32 Å². The van der Waals surface area contributed by atoms with Crippen LogP contribution >= 0.6 is 0 Å². The maximum absolute atomic E-state index is 13.1. The Balaban J connectivity index is 1.78. The van der Waals surface area contributed by atoms with Gasteiger partial charge in [-0.25, -0.2) is 13.1 Å². The summed E-state index contributed by atoms with van der Waals surface area (Å²) in [5.74, 6) is 0.206. The highest BCUT2D eigenvalue weighted by Crippen LogP contribution is 2.31. The average molecular weight is 401 g/mol. The van der Waals surface area contributed by atoms with Crippen LogP contribution in [0.1, 0.15) is 53.6 Å². The van der Waals surface area contributed by atoms with Gasteiger partial charge in [-0.1, -0.05) is 18.2 Å². The van der Waals surface area contributed by atoms with E-state index >= 15 is 0 Å². The normalized spacial score (nSPS) is 15.3. The van der Waals surface area contributed by atoms with Gasteiger partial charge >= 0.3 is 0 Å². The molecule has 1 unspecified atom stereocenters. The molecule has 0 bridgehead atoms. The summed E-state index contributed by atoms with van der Waals surface area (Å²) in [7, 11) is -3.67. The number of benzene rings is 2. The van der Waals surface area contributed by atoms with Crippen molar-refractivity contribution in [2.24, 2.45) is 5.92 Å². The van der Waals surface area contributed by atoms with E-state index in [1.807, 2.05) is 65.0 Å². The summed E-state index contributed by atoms with van der Waals surface area (Å²) < 4.78 is 29.0. The molecule has 0 aliphatic heterocycles. The van der Waals surface area contributed by atoms with Crippen LogP contribution in [0.5, 0.6) is 0 Å². The molecule has 6 heteroatoms. The van der Waals surface area contributed by atoms with Crippen molar-refractivity contribution in [1.82, 2.24) is 4.72 Å². The maximum atomic E-state index is 13.1. The molecule has 1 aliphatic rings. The minimum Gasteiger partial charge on any atom is -0.326 e. The number of hydrogen-bond acceptors (Lipinski definition) is 3. The number of rotatable bonds is 6. The number of anilines is 1. The van der Waals surface area contributed by atoms with Crippen LogP contribution in [0.25, 0.3) is 0 Å². The Morgan fingerprint density at radius 1 is 1.00 bits per heavy atom. The van der Waals surface area contributed by atoms with Gasteiger partial charge in [0.15, 0.2) is 0 Å². The summed E-state index contributed by atoms with van der Waals surface area (Å²) >= 11 is 0. The Kier molecular flexibility index (Phi) is 5.64. The highest BCUT2D eigenvalue weighted by Gasteiger charge is 2.29. The molecule has 28 heavy (non-hydrogen) atoms. The molecule has 150 valence electrons. The fourth-order valence-electron chi connectivity index (χ4n) is 3.39. The first-order chi connectivity index (χ1) is 13.1. The molecule has 1 atom stereocenters. The van der Waals surface area contributed by atoms with Gasteiger partial charge in [0, 0.05) is 17.6 Å². The van der Waals surface area contributed by atoms with Crippen LogP contribution in [0.3, 0.4) is 0 Å². The molecule has 1 saturated carbocycles. The van der Waals surface area contributed by atoms with E-state index in [4.69, 9.17) is 0 Å². The minimum atomic E-state index is -3.67. The molecule has 2 aromatic carbocycles. The zero-order chi connectivity index (χ0) is 20.6. The molecule has 1 amide bonds. The Hall–Kier alpha value is -2.18. The van der Waals surface area contributed by atoms with Crippen LogP contribution in [0.2, 0.25) is 0 Å². The summed E-state index contributed by atoms with van der Waals surface area (Å²) in [6, 6.07) is 8.94. The van der Waals surface area contributed by atoms with Crippen molar-refractivity contribution in [3.05, 3.63) is 58.1 Å². The van der Waals surface area contributed by atoms with Crippen LogP contribution in [0.4, 0.5) is 5.69 Å². The van der Waals surface area contributed by atoms with Gasteiger partial charge in [0.1, 0.15) is 0 Å². The number of nitrogens with one attached hydrogen (secondary N) is 2. The van der Waals surface area contributed by atoms with E-state index in [1.165, 1.54) is 0 Å². The van der Waals surface area contributed by atoms with E-state index in [9.17, 15) is 13.2 Å². The summed E-state index contributed by atoms with van der Waals surface area (Å²) in [5, 5.41) is 2.89. The lowest BCUT2D eigenvalue weighted by atomic mass is 10.0. The highest BCUT2D eigenvalue weighted by atomic mass is 32.2. The van der Waals surface area contributed by atoms with Crippen LogP contribution in [0, 0.1) is 33.6 Å². The lowest BCUT2D eigenvalue weighted by Gasteiger charge is -2.20. The number of amides is 1.